The number of nitrogens with zero attached hydrogens (tertiary/aromatic N) is 2. The van der Waals surface area contributed by atoms with E-state index in [9.17, 15) is 14.4 Å². The molecule has 0 bridgehead atoms. The fourth-order valence-electron chi connectivity index (χ4n) is 1.88. The van der Waals surface area contributed by atoms with Crippen molar-refractivity contribution in [1.82, 2.24) is 15.1 Å². The molecule has 158 valence electrons. The van der Waals surface area contributed by atoms with E-state index < -0.39 is 23.2 Å². The Morgan fingerprint density at radius 2 is 1.82 bits per heavy atom. The van der Waals surface area contributed by atoms with Gasteiger partial charge in [-0.1, -0.05) is 21.6 Å². The molecule has 1 aromatic heterocycles. The fraction of sp³-hybridized carbons (Fsp3) is 0.647. The van der Waals surface area contributed by atoms with Crippen LogP contribution in [0.3, 0.4) is 0 Å². The normalized spacial score (nSPS) is 11.8. The lowest BCUT2D eigenvalue weighted by molar-refractivity contribution is -0.136. The Kier molecular flexibility index (Phi) is 9.15. The molecular formula is C17H28N4O5S2. The molecule has 0 fully saturated rings. The second-order valence-electron chi connectivity index (χ2n) is 7.38. The van der Waals surface area contributed by atoms with E-state index >= 15 is 0 Å². The first-order valence-electron chi connectivity index (χ1n) is 8.72. The van der Waals surface area contributed by atoms with E-state index in [2.05, 4.69) is 15.7 Å². The molecule has 1 aromatic rings. The summed E-state index contributed by atoms with van der Waals surface area (Å²) >= 11 is 0. The van der Waals surface area contributed by atoms with E-state index in [0.717, 1.165) is 0 Å². The van der Waals surface area contributed by atoms with Crippen LogP contribution in [0.5, 0.6) is 0 Å². The molecule has 0 atom stereocenters. The summed E-state index contributed by atoms with van der Waals surface area (Å²) in [5.74, 6) is 0.454. The van der Waals surface area contributed by atoms with Crippen molar-refractivity contribution >= 4 is 45.4 Å². The van der Waals surface area contributed by atoms with Gasteiger partial charge in [0.15, 0.2) is 5.82 Å². The molecule has 0 spiro atoms. The highest BCUT2D eigenvalue weighted by atomic mass is 33.1. The Labute approximate surface area is 172 Å². The predicted molar refractivity (Wildman–Crippen MR) is 112 cm³/mol. The Balaban J connectivity index is 2.46. The molecule has 3 N–H and O–H groups in total. The molecule has 0 aliphatic heterocycles. The van der Waals surface area contributed by atoms with Crippen LogP contribution in [-0.2, 0) is 19.9 Å². The molecular weight excluding hydrogens is 404 g/mol. The monoisotopic (exact) mass is 432 g/mol. The number of carboxylic acid groups (broad SMARTS) is 1. The number of hydrogen-bond donors (Lipinski definition) is 3. The van der Waals surface area contributed by atoms with Gasteiger partial charge in [0.25, 0.3) is 0 Å². The third-order valence-corrected chi connectivity index (χ3v) is 5.71. The SMILES string of the molecule is CC(C)(C)OC(=O)Nc1ccn(C(C)(C)C(=O)NCCSSCCC(=O)O)n1. The lowest BCUT2D eigenvalue weighted by Crippen LogP contribution is -2.45. The Morgan fingerprint density at radius 3 is 2.43 bits per heavy atom. The predicted octanol–water partition coefficient (Wildman–Crippen LogP) is 2.94. The molecule has 0 aliphatic carbocycles. The summed E-state index contributed by atoms with van der Waals surface area (Å²) < 4.78 is 6.65. The minimum absolute atomic E-state index is 0.121. The zero-order valence-corrected chi connectivity index (χ0v) is 18.4. The van der Waals surface area contributed by atoms with Crippen molar-refractivity contribution < 1.29 is 24.2 Å². The number of aliphatic carboxylic acids is 1. The molecule has 0 aliphatic rings. The van der Waals surface area contributed by atoms with Crippen molar-refractivity contribution in [3.05, 3.63) is 12.3 Å². The molecule has 2 amide bonds. The van der Waals surface area contributed by atoms with Gasteiger partial charge < -0.3 is 15.2 Å². The van der Waals surface area contributed by atoms with Crippen LogP contribution >= 0.6 is 21.6 Å². The van der Waals surface area contributed by atoms with Crippen LogP contribution in [0.2, 0.25) is 0 Å². The fourth-order valence-corrected chi connectivity index (χ4v) is 3.77. The summed E-state index contributed by atoms with van der Waals surface area (Å²) in [7, 11) is 2.98. The van der Waals surface area contributed by atoms with E-state index in [4.69, 9.17) is 9.84 Å². The van der Waals surface area contributed by atoms with Crippen LogP contribution in [-0.4, -0.2) is 56.5 Å². The van der Waals surface area contributed by atoms with Crippen molar-refractivity contribution in [3.63, 3.8) is 0 Å². The van der Waals surface area contributed by atoms with Gasteiger partial charge in [-0.05, 0) is 34.6 Å². The van der Waals surface area contributed by atoms with Crippen LogP contribution in [0.1, 0.15) is 41.0 Å². The average molecular weight is 433 g/mol. The Morgan fingerprint density at radius 1 is 1.18 bits per heavy atom. The highest BCUT2D eigenvalue weighted by Crippen LogP contribution is 2.21. The molecule has 9 nitrogen and oxygen atoms in total. The van der Waals surface area contributed by atoms with Crippen LogP contribution < -0.4 is 10.6 Å². The van der Waals surface area contributed by atoms with E-state index in [0.29, 0.717) is 23.9 Å². The molecule has 0 unspecified atom stereocenters. The Hall–Kier alpha value is -1.88. The number of anilines is 1. The number of carbonyl (C=O) groups is 3. The minimum atomic E-state index is -0.949. The summed E-state index contributed by atoms with van der Waals surface area (Å²) in [5.41, 5.74) is -1.56. The van der Waals surface area contributed by atoms with Gasteiger partial charge >= 0.3 is 12.1 Å². The van der Waals surface area contributed by atoms with E-state index in [1.807, 2.05) is 0 Å². The molecule has 28 heavy (non-hydrogen) atoms. The van der Waals surface area contributed by atoms with E-state index in [1.54, 1.807) is 46.9 Å². The zero-order valence-electron chi connectivity index (χ0n) is 16.8. The maximum absolute atomic E-state index is 12.5. The summed E-state index contributed by atoms with van der Waals surface area (Å²) in [6, 6.07) is 1.59. The number of nitrogens with one attached hydrogen (secondary N) is 2. The van der Waals surface area contributed by atoms with E-state index in [-0.39, 0.29) is 12.3 Å². The third-order valence-electron chi connectivity index (χ3n) is 3.30. The topological polar surface area (TPSA) is 123 Å². The molecule has 0 saturated heterocycles. The molecule has 0 radical (unpaired) electrons. The standard InChI is InChI=1S/C17H28N4O5S2/c1-16(2,3)26-15(25)19-12-6-9-21(20-12)17(4,5)14(24)18-8-11-28-27-10-7-13(22)23/h6,9H,7-8,10-11H2,1-5H3,(H,18,24)(H,22,23)(H,19,20,25). The first-order chi connectivity index (χ1) is 12.9. The van der Waals surface area contributed by atoms with Gasteiger partial charge in [-0.3, -0.25) is 19.6 Å². The molecule has 0 saturated carbocycles. The van der Waals surface area contributed by atoms with Gasteiger partial charge in [0.05, 0.1) is 6.42 Å². The second-order valence-corrected chi connectivity index (χ2v) is 10.1. The number of amides is 2. The summed E-state index contributed by atoms with van der Waals surface area (Å²) in [6.07, 6.45) is 1.12. The summed E-state index contributed by atoms with van der Waals surface area (Å²) in [4.78, 5) is 34.7. The number of aromatic nitrogens is 2. The van der Waals surface area contributed by atoms with E-state index in [1.165, 1.54) is 26.3 Å². The molecule has 11 heteroatoms. The minimum Gasteiger partial charge on any atom is -0.481 e. The average Bonchev–Trinajstić information content (AvgIpc) is 3.00. The number of ether oxygens (including phenoxy) is 1. The van der Waals surface area contributed by atoms with Crippen LogP contribution in [0, 0.1) is 0 Å². The lowest BCUT2D eigenvalue weighted by atomic mass is 10.1. The van der Waals surface area contributed by atoms with Crippen molar-refractivity contribution in [2.75, 3.05) is 23.4 Å². The third kappa shape index (κ3) is 8.87. The van der Waals surface area contributed by atoms with Crippen molar-refractivity contribution in [1.29, 1.82) is 0 Å². The van der Waals surface area contributed by atoms with Crippen molar-refractivity contribution in [3.8, 4) is 0 Å². The van der Waals surface area contributed by atoms with Crippen LogP contribution in [0.25, 0.3) is 0 Å². The quantitative estimate of drug-likeness (QED) is 0.381. The first kappa shape index (κ1) is 24.2. The van der Waals surface area contributed by atoms with Gasteiger partial charge in [-0.2, -0.15) is 5.10 Å². The maximum atomic E-state index is 12.5. The Bertz CT molecular complexity index is 685. The highest BCUT2D eigenvalue weighted by Gasteiger charge is 2.30. The van der Waals surface area contributed by atoms with Crippen molar-refractivity contribution in [2.45, 2.75) is 52.2 Å². The second kappa shape index (κ2) is 10.6. The molecule has 0 aromatic carbocycles. The highest BCUT2D eigenvalue weighted by molar-refractivity contribution is 8.76. The number of rotatable bonds is 10. The zero-order chi connectivity index (χ0) is 21.4. The van der Waals surface area contributed by atoms with Crippen LogP contribution in [0.4, 0.5) is 10.6 Å². The van der Waals surface area contributed by atoms with Gasteiger partial charge in [0, 0.05) is 30.3 Å². The van der Waals surface area contributed by atoms with Gasteiger partial charge in [0.2, 0.25) is 5.91 Å². The number of hydrogen-bond acceptors (Lipinski definition) is 7. The number of carbonyl (C=O) groups excluding carboxylic acids is 2. The first-order valence-corrected chi connectivity index (χ1v) is 11.2. The largest absolute Gasteiger partial charge is 0.481 e. The van der Waals surface area contributed by atoms with Crippen molar-refractivity contribution in [2.24, 2.45) is 0 Å². The summed E-state index contributed by atoms with van der Waals surface area (Å²) in [6.45, 7) is 9.20. The van der Waals surface area contributed by atoms with Gasteiger partial charge in [0.1, 0.15) is 11.1 Å². The molecule has 1 heterocycles. The van der Waals surface area contributed by atoms with Gasteiger partial charge in [-0.25, -0.2) is 4.79 Å². The maximum Gasteiger partial charge on any atom is 0.413 e. The molecule has 1 rings (SSSR count). The summed E-state index contributed by atoms with van der Waals surface area (Å²) in [5, 5.41) is 18.2. The van der Waals surface area contributed by atoms with Crippen LogP contribution in [0.15, 0.2) is 12.3 Å². The van der Waals surface area contributed by atoms with Gasteiger partial charge in [-0.15, -0.1) is 0 Å². The smallest absolute Gasteiger partial charge is 0.413 e. The number of carboxylic acids is 1. The lowest BCUT2D eigenvalue weighted by Gasteiger charge is -2.24.